The van der Waals surface area contributed by atoms with Crippen molar-refractivity contribution in [1.82, 2.24) is 0 Å². The van der Waals surface area contributed by atoms with Crippen LogP contribution in [0, 0.1) is 25.5 Å². The first-order valence-electron chi connectivity index (χ1n) is 5.75. The number of aryl methyl sites for hydroxylation is 2. The highest BCUT2D eigenvalue weighted by Gasteiger charge is 2.12. The molecule has 0 saturated carbocycles. The molecule has 2 aromatic carbocycles. The summed E-state index contributed by atoms with van der Waals surface area (Å²) < 4.78 is 26.7. The van der Waals surface area contributed by atoms with E-state index in [0.717, 1.165) is 11.1 Å². The highest BCUT2D eigenvalue weighted by molar-refractivity contribution is 5.36. The summed E-state index contributed by atoms with van der Waals surface area (Å²) in [5.74, 6) is -0.651. The Hall–Kier alpha value is -1.74. The molecule has 0 aliphatic carbocycles. The number of hydrogen-bond acceptors (Lipinski definition) is 1. The van der Waals surface area contributed by atoms with Crippen molar-refractivity contribution in [3.05, 3.63) is 70.3 Å². The van der Waals surface area contributed by atoms with Gasteiger partial charge in [-0.05, 0) is 60.4 Å². The summed E-state index contributed by atoms with van der Waals surface area (Å²) in [7, 11) is 0. The van der Waals surface area contributed by atoms with Crippen LogP contribution in [0.1, 0.15) is 28.3 Å². The number of benzene rings is 2. The second-order valence-electron chi connectivity index (χ2n) is 4.60. The van der Waals surface area contributed by atoms with E-state index in [-0.39, 0.29) is 11.6 Å². The van der Waals surface area contributed by atoms with Gasteiger partial charge in [0.2, 0.25) is 0 Å². The summed E-state index contributed by atoms with van der Waals surface area (Å²) in [6.07, 6.45) is 0. The Morgan fingerprint density at radius 2 is 1.17 bits per heavy atom. The Labute approximate surface area is 105 Å². The molecule has 1 nitrogen and oxygen atoms in total. The second-order valence-corrected chi connectivity index (χ2v) is 4.60. The summed E-state index contributed by atoms with van der Waals surface area (Å²) in [6, 6.07) is 8.76. The number of rotatable bonds is 2. The number of halogens is 2. The van der Waals surface area contributed by atoms with Gasteiger partial charge in [0, 0.05) is 0 Å². The highest BCUT2D eigenvalue weighted by atomic mass is 19.1. The fraction of sp³-hybridized carbons (Fsp3) is 0.200. The zero-order valence-corrected chi connectivity index (χ0v) is 10.4. The van der Waals surface area contributed by atoms with E-state index in [1.165, 1.54) is 24.3 Å². The quantitative estimate of drug-likeness (QED) is 0.861. The van der Waals surface area contributed by atoms with Crippen molar-refractivity contribution in [2.75, 3.05) is 0 Å². The fourth-order valence-electron chi connectivity index (χ4n) is 2.08. The van der Waals surface area contributed by atoms with Crippen LogP contribution in [0.2, 0.25) is 0 Å². The predicted octanol–water partition coefficient (Wildman–Crippen LogP) is 3.63. The summed E-state index contributed by atoms with van der Waals surface area (Å²) in [6.45, 7) is 3.60. The molecule has 0 aromatic heterocycles. The Balaban J connectivity index is 2.43. The lowest BCUT2D eigenvalue weighted by Crippen LogP contribution is -2.13. The summed E-state index contributed by atoms with van der Waals surface area (Å²) in [5, 5.41) is 0. The molecule has 0 aliphatic rings. The van der Waals surface area contributed by atoms with Gasteiger partial charge in [-0.25, -0.2) is 8.78 Å². The second kappa shape index (κ2) is 4.86. The van der Waals surface area contributed by atoms with Gasteiger partial charge in [0.1, 0.15) is 11.6 Å². The molecule has 0 saturated heterocycles. The molecule has 0 amide bonds. The third-order valence-electron chi connectivity index (χ3n) is 2.85. The maximum absolute atomic E-state index is 13.3. The molecule has 94 valence electrons. The van der Waals surface area contributed by atoms with Crippen molar-refractivity contribution >= 4 is 0 Å². The van der Waals surface area contributed by atoms with Crippen LogP contribution in [0.4, 0.5) is 8.78 Å². The number of nitrogens with two attached hydrogens (primary N) is 1. The van der Waals surface area contributed by atoms with E-state index in [1.54, 1.807) is 13.8 Å². The Morgan fingerprint density at radius 1 is 0.778 bits per heavy atom. The van der Waals surface area contributed by atoms with Gasteiger partial charge in [0.15, 0.2) is 0 Å². The predicted molar refractivity (Wildman–Crippen MR) is 68.3 cm³/mol. The monoisotopic (exact) mass is 247 g/mol. The smallest absolute Gasteiger partial charge is 0.123 e. The molecule has 2 N–H and O–H groups in total. The van der Waals surface area contributed by atoms with Crippen molar-refractivity contribution in [3.63, 3.8) is 0 Å². The lowest BCUT2D eigenvalue weighted by atomic mass is 9.97. The lowest BCUT2D eigenvalue weighted by molar-refractivity contribution is 0.618. The molecule has 18 heavy (non-hydrogen) atoms. The summed E-state index contributed by atoms with van der Waals surface area (Å²) in [5.41, 5.74) is 8.96. The molecular formula is C15H15F2N. The molecule has 2 rings (SSSR count). The van der Waals surface area contributed by atoms with E-state index >= 15 is 0 Å². The van der Waals surface area contributed by atoms with Crippen molar-refractivity contribution in [3.8, 4) is 0 Å². The van der Waals surface area contributed by atoms with E-state index in [4.69, 9.17) is 5.73 Å². The van der Waals surface area contributed by atoms with Gasteiger partial charge in [0.25, 0.3) is 0 Å². The van der Waals surface area contributed by atoms with Crippen molar-refractivity contribution in [2.24, 2.45) is 5.73 Å². The van der Waals surface area contributed by atoms with E-state index in [1.807, 2.05) is 12.1 Å². The Bertz CT molecular complexity index is 487. The molecule has 0 fully saturated rings. The molecule has 0 atom stereocenters. The maximum Gasteiger partial charge on any atom is 0.123 e. The van der Waals surface area contributed by atoms with Crippen molar-refractivity contribution < 1.29 is 8.78 Å². The summed E-state index contributed by atoms with van der Waals surface area (Å²) in [4.78, 5) is 0. The van der Waals surface area contributed by atoms with Gasteiger partial charge >= 0.3 is 0 Å². The molecule has 0 radical (unpaired) electrons. The third-order valence-corrected chi connectivity index (χ3v) is 2.85. The summed E-state index contributed by atoms with van der Waals surface area (Å²) >= 11 is 0. The van der Waals surface area contributed by atoms with Gasteiger partial charge in [-0.3, -0.25) is 0 Å². The minimum absolute atomic E-state index is 0.325. The molecule has 0 aliphatic heterocycles. The van der Waals surface area contributed by atoms with Gasteiger partial charge in [0.05, 0.1) is 6.04 Å². The van der Waals surface area contributed by atoms with Crippen LogP contribution in [0.25, 0.3) is 0 Å². The van der Waals surface area contributed by atoms with E-state index < -0.39 is 6.04 Å². The molecule has 2 aromatic rings. The van der Waals surface area contributed by atoms with Crippen molar-refractivity contribution in [2.45, 2.75) is 19.9 Å². The fourth-order valence-corrected chi connectivity index (χ4v) is 2.08. The molecule has 0 unspecified atom stereocenters. The topological polar surface area (TPSA) is 26.0 Å². The highest BCUT2D eigenvalue weighted by Crippen LogP contribution is 2.23. The third kappa shape index (κ3) is 2.74. The standard InChI is InChI=1S/C15H15F2N/c1-9-3-11(7-13(16)5-9)15(18)12-4-10(2)6-14(17)8-12/h3-8,15H,18H2,1-2H3. The average Bonchev–Trinajstić information content (AvgIpc) is 2.25. The Kier molecular flexibility index (Phi) is 3.43. The number of hydrogen-bond donors (Lipinski definition) is 1. The zero-order chi connectivity index (χ0) is 13.3. The van der Waals surface area contributed by atoms with Gasteiger partial charge < -0.3 is 5.73 Å². The first kappa shape index (κ1) is 12.7. The van der Waals surface area contributed by atoms with Crippen LogP contribution >= 0.6 is 0 Å². The molecule has 0 bridgehead atoms. The molecular weight excluding hydrogens is 232 g/mol. The molecule has 0 spiro atoms. The van der Waals surface area contributed by atoms with Gasteiger partial charge in [-0.15, -0.1) is 0 Å². The van der Waals surface area contributed by atoms with Crippen LogP contribution in [0.3, 0.4) is 0 Å². The van der Waals surface area contributed by atoms with Crippen LogP contribution in [-0.4, -0.2) is 0 Å². The van der Waals surface area contributed by atoms with Crippen LogP contribution < -0.4 is 5.73 Å². The first-order valence-corrected chi connectivity index (χ1v) is 5.75. The van der Waals surface area contributed by atoms with Gasteiger partial charge in [-0.2, -0.15) is 0 Å². The van der Waals surface area contributed by atoms with Crippen molar-refractivity contribution in [1.29, 1.82) is 0 Å². The normalized spacial score (nSPS) is 11.0. The van der Waals surface area contributed by atoms with Crippen LogP contribution in [0.15, 0.2) is 36.4 Å². The average molecular weight is 247 g/mol. The van der Waals surface area contributed by atoms with E-state index in [2.05, 4.69) is 0 Å². The molecule has 3 heteroatoms. The van der Waals surface area contributed by atoms with E-state index in [0.29, 0.717) is 11.1 Å². The minimum atomic E-state index is -0.520. The Morgan fingerprint density at radius 3 is 1.50 bits per heavy atom. The largest absolute Gasteiger partial charge is 0.320 e. The van der Waals surface area contributed by atoms with Crippen LogP contribution in [0.5, 0.6) is 0 Å². The lowest BCUT2D eigenvalue weighted by Gasteiger charge is -2.14. The van der Waals surface area contributed by atoms with Crippen LogP contribution in [-0.2, 0) is 0 Å². The first-order chi connectivity index (χ1) is 8.45. The maximum atomic E-state index is 13.3. The minimum Gasteiger partial charge on any atom is -0.320 e. The SMILES string of the molecule is Cc1cc(F)cc(C(N)c2cc(C)cc(F)c2)c1. The zero-order valence-electron chi connectivity index (χ0n) is 10.4. The van der Waals surface area contributed by atoms with Gasteiger partial charge in [-0.1, -0.05) is 12.1 Å². The van der Waals surface area contributed by atoms with E-state index in [9.17, 15) is 8.78 Å². The molecule has 0 heterocycles.